The molecule has 17 heavy (non-hydrogen) atoms. The highest BCUT2D eigenvalue weighted by Crippen LogP contribution is 2.19. The van der Waals surface area contributed by atoms with E-state index in [-0.39, 0.29) is 36.0 Å². The van der Waals surface area contributed by atoms with Gasteiger partial charge < -0.3 is 20.9 Å². The number of amides is 1. The van der Waals surface area contributed by atoms with Crippen LogP contribution in [0.1, 0.15) is 19.8 Å². The number of ether oxygens (including phenoxy) is 1. The smallest absolute Gasteiger partial charge is 0.249 e. The summed E-state index contributed by atoms with van der Waals surface area (Å²) in [5, 5.41) is 12.0. The third-order valence-electron chi connectivity index (χ3n) is 3.07. The van der Waals surface area contributed by atoms with Crippen molar-refractivity contribution in [1.82, 2.24) is 5.32 Å². The van der Waals surface area contributed by atoms with E-state index in [0.717, 1.165) is 12.8 Å². The SMILES string of the molecule is CSC(CO)C(C)NC(=O)C1CCC(CN)O1. The molecule has 1 saturated heterocycles. The van der Waals surface area contributed by atoms with Gasteiger partial charge in [0, 0.05) is 17.8 Å². The Balaban J connectivity index is 2.39. The van der Waals surface area contributed by atoms with Gasteiger partial charge in [0.25, 0.3) is 0 Å². The lowest BCUT2D eigenvalue weighted by Crippen LogP contribution is -2.45. The van der Waals surface area contributed by atoms with Crippen molar-refractivity contribution in [1.29, 1.82) is 0 Å². The molecule has 6 heteroatoms. The van der Waals surface area contributed by atoms with Gasteiger partial charge in [-0.25, -0.2) is 0 Å². The van der Waals surface area contributed by atoms with Crippen LogP contribution in [0.2, 0.25) is 0 Å². The molecule has 0 radical (unpaired) electrons. The predicted molar refractivity (Wildman–Crippen MR) is 68.9 cm³/mol. The molecule has 0 saturated carbocycles. The molecule has 5 nitrogen and oxygen atoms in total. The molecule has 4 N–H and O–H groups in total. The number of nitrogens with two attached hydrogens (primary N) is 1. The lowest BCUT2D eigenvalue weighted by Gasteiger charge is -2.23. The lowest BCUT2D eigenvalue weighted by molar-refractivity contribution is -0.132. The average Bonchev–Trinajstić information content (AvgIpc) is 2.79. The molecular weight excluding hydrogens is 240 g/mol. The summed E-state index contributed by atoms with van der Waals surface area (Å²) >= 11 is 1.54. The maximum Gasteiger partial charge on any atom is 0.249 e. The van der Waals surface area contributed by atoms with Gasteiger partial charge in [-0.3, -0.25) is 4.79 Å². The summed E-state index contributed by atoms with van der Waals surface area (Å²) in [6, 6.07) is -0.0666. The quantitative estimate of drug-likeness (QED) is 0.613. The average molecular weight is 262 g/mol. The third kappa shape index (κ3) is 4.13. The van der Waals surface area contributed by atoms with Crippen LogP contribution >= 0.6 is 11.8 Å². The highest BCUT2D eigenvalue weighted by atomic mass is 32.2. The van der Waals surface area contributed by atoms with Crippen molar-refractivity contribution < 1.29 is 14.6 Å². The molecule has 1 amide bonds. The summed E-state index contributed by atoms with van der Waals surface area (Å²) < 4.78 is 5.51. The van der Waals surface area contributed by atoms with Crippen LogP contribution < -0.4 is 11.1 Å². The molecule has 4 unspecified atom stereocenters. The Labute approximate surface area is 106 Å². The van der Waals surface area contributed by atoms with Gasteiger partial charge in [-0.15, -0.1) is 0 Å². The molecule has 1 fully saturated rings. The Morgan fingerprint density at radius 2 is 2.35 bits per heavy atom. The molecule has 0 aromatic carbocycles. The molecule has 1 aliphatic heterocycles. The van der Waals surface area contributed by atoms with Crippen LogP contribution in [0.25, 0.3) is 0 Å². The highest BCUT2D eigenvalue weighted by molar-refractivity contribution is 7.99. The zero-order chi connectivity index (χ0) is 12.8. The zero-order valence-electron chi connectivity index (χ0n) is 10.4. The number of hydrogen-bond donors (Lipinski definition) is 3. The number of carbonyl (C=O) groups excluding carboxylic acids is 1. The van der Waals surface area contributed by atoms with E-state index in [4.69, 9.17) is 15.6 Å². The van der Waals surface area contributed by atoms with Crippen LogP contribution in [-0.2, 0) is 9.53 Å². The lowest BCUT2D eigenvalue weighted by atomic mass is 10.1. The summed E-state index contributed by atoms with van der Waals surface area (Å²) in [7, 11) is 0. The van der Waals surface area contributed by atoms with Crippen molar-refractivity contribution in [2.75, 3.05) is 19.4 Å². The monoisotopic (exact) mass is 262 g/mol. The van der Waals surface area contributed by atoms with Crippen molar-refractivity contribution in [3.05, 3.63) is 0 Å². The number of rotatable bonds is 6. The molecule has 1 aliphatic rings. The summed E-state index contributed by atoms with van der Waals surface area (Å²) in [5.74, 6) is -0.0963. The van der Waals surface area contributed by atoms with Gasteiger partial charge in [0.05, 0.1) is 12.7 Å². The first-order chi connectivity index (χ1) is 8.12. The topological polar surface area (TPSA) is 84.6 Å². The Hall–Kier alpha value is -0.300. The Morgan fingerprint density at radius 1 is 1.65 bits per heavy atom. The minimum atomic E-state index is -0.382. The Kier molecular flexibility index (Phi) is 6.26. The van der Waals surface area contributed by atoms with E-state index < -0.39 is 0 Å². The summed E-state index contributed by atoms with van der Waals surface area (Å²) in [6.07, 6.45) is 3.11. The van der Waals surface area contributed by atoms with Gasteiger partial charge in [-0.2, -0.15) is 11.8 Å². The second-order valence-corrected chi connectivity index (χ2v) is 5.39. The summed E-state index contributed by atoms with van der Waals surface area (Å²) in [5.41, 5.74) is 5.50. The van der Waals surface area contributed by atoms with Gasteiger partial charge in [0.15, 0.2) is 0 Å². The van der Waals surface area contributed by atoms with E-state index in [1.807, 2.05) is 13.2 Å². The van der Waals surface area contributed by atoms with Crippen LogP contribution in [0.15, 0.2) is 0 Å². The molecular formula is C11H22N2O3S. The Bertz CT molecular complexity index is 249. The maximum absolute atomic E-state index is 11.9. The maximum atomic E-state index is 11.9. The number of aliphatic hydroxyl groups excluding tert-OH is 1. The number of nitrogens with one attached hydrogen (secondary N) is 1. The van der Waals surface area contributed by atoms with Crippen LogP contribution in [0.3, 0.4) is 0 Å². The third-order valence-corrected chi connectivity index (χ3v) is 4.24. The summed E-state index contributed by atoms with van der Waals surface area (Å²) in [6.45, 7) is 2.41. The van der Waals surface area contributed by atoms with Crippen molar-refractivity contribution in [3.8, 4) is 0 Å². The van der Waals surface area contributed by atoms with Crippen LogP contribution in [0.5, 0.6) is 0 Å². The van der Waals surface area contributed by atoms with Gasteiger partial charge in [-0.05, 0) is 26.0 Å². The minimum absolute atomic E-state index is 0.00949. The van der Waals surface area contributed by atoms with Crippen molar-refractivity contribution in [3.63, 3.8) is 0 Å². The highest BCUT2D eigenvalue weighted by Gasteiger charge is 2.31. The molecule has 1 rings (SSSR count). The Morgan fingerprint density at radius 3 is 2.82 bits per heavy atom. The fourth-order valence-electron chi connectivity index (χ4n) is 1.92. The number of carbonyl (C=O) groups is 1. The number of thioether (sulfide) groups is 1. The van der Waals surface area contributed by atoms with Gasteiger partial charge in [0.1, 0.15) is 6.10 Å². The first-order valence-corrected chi connectivity index (χ1v) is 7.20. The van der Waals surface area contributed by atoms with E-state index in [2.05, 4.69) is 5.32 Å². The fourth-order valence-corrected chi connectivity index (χ4v) is 2.54. The van der Waals surface area contributed by atoms with E-state index >= 15 is 0 Å². The van der Waals surface area contributed by atoms with E-state index in [9.17, 15) is 4.79 Å². The van der Waals surface area contributed by atoms with Crippen molar-refractivity contribution in [2.24, 2.45) is 5.73 Å². The molecule has 0 aromatic heterocycles. The molecule has 0 aliphatic carbocycles. The second kappa shape index (κ2) is 7.20. The van der Waals surface area contributed by atoms with E-state index in [1.54, 1.807) is 11.8 Å². The largest absolute Gasteiger partial charge is 0.395 e. The van der Waals surface area contributed by atoms with Crippen molar-refractivity contribution >= 4 is 17.7 Å². The first-order valence-electron chi connectivity index (χ1n) is 5.91. The number of hydrogen-bond acceptors (Lipinski definition) is 5. The summed E-state index contributed by atoms with van der Waals surface area (Å²) in [4.78, 5) is 11.9. The van der Waals surface area contributed by atoms with Crippen molar-refractivity contribution in [2.45, 2.75) is 43.3 Å². The normalized spacial score (nSPS) is 27.8. The fraction of sp³-hybridized carbons (Fsp3) is 0.909. The molecule has 100 valence electrons. The molecule has 0 bridgehead atoms. The first kappa shape index (κ1) is 14.8. The van der Waals surface area contributed by atoms with Crippen LogP contribution in [0.4, 0.5) is 0 Å². The van der Waals surface area contributed by atoms with Gasteiger partial charge in [-0.1, -0.05) is 0 Å². The zero-order valence-corrected chi connectivity index (χ0v) is 11.2. The van der Waals surface area contributed by atoms with Crippen LogP contribution in [-0.4, -0.2) is 53.9 Å². The van der Waals surface area contributed by atoms with Crippen LogP contribution in [0, 0.1) is 0 Å². The molecule has 1 heterocycles. The molecule has 4 atom stereocenters. The van der Waals surface area contributed by atoms with E-state index in [1.165, 1.54) is 0 Å². The van der Waals surface area contributed by atoms with E-state index in [0.29, 0.717) is 6.54 Å². The molecule has 0 aromatic rings. The predicted octanol–water partition coefficient (Wildman–Crippen LogP) is -0.279. The number of aliphatic hydroxyl groups is 1. The van der Waals surface area contributed by atoms with Gasteiger partial charge >= 0.3 is 0 Å². The molecule has 0 spiro atoms. The standard InChI is InChI=1S/C11H22N2O3S/c1-7(10(6-14)17-2)13-11(15)9-4-3-8(5-12)16-9/h7-10,14H,3-6,12H2,1-2H3,(H,13,15). The minimum Gasteiger partial charge on any atom is -0.395 e. The van der Waals surface area contributed by atoms with Gasteiger partial charge in [0.2, 0.25) is 5.91 Å². The second-order valence-electron chi connectivity index (χ2n) is 4.31.